The van der Waals surface area contributed by atoms with Crippen LogP contribution in [0.5, 0.6) is 5.88 Å². The van der Waals surface area contributed by atoms with Crippen LogP contribution in [0.25, 0.3) is 10.3 Å². The van der Waals surface area contributed by atoms with Crippen molar-refractivity contribution in [1.29, 1.82) is 0 Å². The quantitative estimate of drug-likeness (QED) is 0.390. The Morgan fingerprint density at radius 1 is 1.08 bits per heavy atom. The van der Waals surface area contributed by atoms with Crippen LogP contribution < -0.4 is 9.64 Å². The first-order valence-corrected chi connectivity index (χ1v) is 15.7. The van der Waals surface area contributed by atoms with E-state index in [1.54, 1.807) is 37.3 Å². The zero-order valence-corrected chi connectivity index (χ0v) is 23.9. The highest BCUT2D eigenvalue weighted by Gasteiger charge is 2.33. The number of carbonyl (C=O) groups is 1. The summed E-state index contributed by atoms with van der Waals surface area (Å²) in [5, 5.41) is 0.238. The number of pyridine rings is 1. The number of piperidine rings is 1. The van der Waals surface area contributed by atoms with E-state index in [9.17, 15) is 13.2 Å². The van der Waals surface area contributed by atoms with Gasteiger partial charge in [0.05, 0.1) is 23.2 Å². The number of aromatic nitrogens is 2. The number of sulfone groups is 1. The predicted molar refractivity (Wildman–Crippen MR) is 151 cm³/mol. The molecule has 1 aliphatic heterocycles. The summed E-state index contributed by atoms with van der Waals surface area (Å²) in [7, 11) is 1.96. The van der Waals surface area contributed by atoms with E-state index in [2.05, 4.69) is 14.9 Å². The van der Waals surface area contributed by atoms with Crippen molar-refractivity contribution in [2.24, 2.45) is 5.92 Å². The lowest BCUT2D eigenvalue weighted by Crippen LogP contribution is -2.37. The number of anilines is 1. The third-order valence-corrected chi connectivity index (χ3v) is 11.4. The molecule has 3 aromatic rings. The average molecular weight is 557 g/mol. The highest BCUT2D eigenvalue weighted by Crippen LogP contribution is 2.37. The summed E-state index contributed by atoms with van der Waals surface area (Å²) < 4.78 is 31.8. The first-order chi connectivity index (χ1) is 18.3. The molecule has 0 bridgehead atoms. The molecule has 3 heterocycles. The fourth-order valence-electron chi connectivity index (χ4n) is 5.71. The third-order valence-electron chi connectivity index (χ3n) is 8.10. The highest BCUT2D eigenvalue weighted by molar-refractivity contribution is 7.92. The van der Waals surface area contributed by atoms with Crippen molar-refractivity contribution in [2.45, 2.75) is 61.0 Å². The molecule has 0 spiro atoms. The van der Waals surface area contributed by atoms with Gasteiger partial charge in [-0.25, -0.2) is 18.4 Å². The van der Waals surface area contributed by atoms with Gasteiger partial charge >= 0.3 is 0 Å². The van der Waals surface area contributed by atoms with Gasteiger partial charge in [0.15, 0.2) is 15.0 Å². The van der Waals surface area contributed by atoms with E-state index < -0.39 is 9.84 Å². The molecule has 38 heavy (non-hydrogen) atoms. The smallest absolute Gasteiger partial charge is 0.236 e. The number of hydrogen-bond donors (Lipinski definition) is 0. The van der Waals surface area contributed by atoms with Gasteiger partial charge in [0, 0.05) is 13.1 Å². The van der Waals surface area contributed by atoms with E-state index in [1.807, 2.05) is 25.2 Å². The second kappa shape index (κ2) is 11.3. The van der Waals surface area contributed by atoms with Gasteiger partial charge in [0.2, 0.25) is 11.8 Å². The van der Waals surface area contributed by atoms with E-state index >= 15 is 0 Å². The Morgan fingerprint density at radius 3 is 2.42 bits per heavy atom. The number of likely N-dealkylation sites (tertiary alicyclic amines) is 1. The van der Waals surface area contributed by atoms with Gasteiger partial charge in [-0.05, 0) is 69.1 Å². The summed E-state index contributed by atoms with van der Waals surface area (Å²) in [4.78, 5) is 27.9. The van der Waals surface area contributed by atoms with Crippen molar-refractivity contribution in [3.05, 3.63) is 42.0 Å². The minimum absolute atomic E-state index is 0.0335. The summed E-state index contributed by atoms with van der Waals surface area (Å²) in [5.74, 6) is 0.601. The summed E-state index contributed by atoms with van der Waals surface area (Å²) >= 11 is 1.36. The van der Waals surface area contributed by atoms with Gasteiger partial charge in [-0.3, -0.25) is 9.69 Å². The number of amides is 1. The Kier molecular flexibility index (Phi) is 8.02. The van der Waals surface area contributed by atoms with Crippen LogP contribution in [0.1, 0.15) is 56.4 Å². The molecule has 204 valence electrons. The molecular weight excluding hydrogens is 520 g/mol. The van der Waals surface area contributed by atoms with Crippen LogP contribution in [-0.4, -0.2) is 68.7 Å². The number of ether oxygens (including phenoxy) is 1. The lowest BCUT2D eigenvalue weighted by Gasteiger charge is -2.29. The molecule has 1 saturated carbocycles. The molecule has 5 rings (SSSR count). The molecule has 1 unspecified atom stereocenters. The number of nitrogens with zero attached hydrogens (tertiary/aromatic N) is 4. The van der Waals surface area contributed by atoms with Crippen molar-refractivity contribution in [3.8, 4) is 5.88 Å². The lowest BCUT2D eigenvalue weighted by atomic mass is 9.87. The average Bonchev–Trinajstić information content (AvgIpc) is 3.60. The third kappa shape index (κ3) is 5.58. The minimum Gasteiger partial charge on any atom is -0.481 e. The maximum atomic E-state index is 13.9. The molecule has 1 aromatic carbocycles. The van der Waals surface area contributed by atoms with Gasteiger partial charge < -0.3 is 9.64 Å². The molecule has 1 aliphatic carbocycles. The van der Waals surface area contributed by atoms with E-state index in [0.29, 0.717) is 34.7 Å². The Balaban J connectivity index is 1.40. The van der Waals surface area contributed by atoms with Crippen molar-refractivity contribution in [2.75, 3.05) is 39.2 Å². The molecule has 0 radical (unpaired) electrons. The summed E-state index contributed by atoms with van der Waals surface area (Å²) in [6.45, 7) is 1.58. The number of carbonyl (C=O) groups excluding carboxylic acids is 1. The summed E-state index contributed by atoms with van der Waals surface area (Å²) in [6.07, 6.45) is 6.69. The number of benzene rings is 1. The number of rotatable bonds is 8. The van der Waals surface area contributed by atoms with Crippen LogP contribution in [0, 0.1) is 5.92 Å². The van der Waals surface area contributed by atoms with Gasteiger partial charge in [-0.2, -0.15) is 0 Å². The maximum absolute atomic E-state index is 13.9. The van der Waals surface area contributed by atoms with Crippen LogP contribution >= 0.6 is 11.3 Å². The SMILES string of the molecule is COc1ccc2nc(N(C)C(=O)C(CC3CCCC3)c3ccc(S(=O)(=O)C4CCN(C)CC4)cc3)sc2n1. The summed E-state index contributed by atoms with van der Waals surface area (Å²) in [6, 6.07) is 10.7. The standard InChI is InChI=1S/C28H36N4O4S2/c1-31-16-14-22(15-17-31)38(34,35)21-10-8-20(9-11-21)23(18-19-6-4-5-7-19)27(33)32(2)28-29-24-12-13-25(36-3)30-26(24)37-28/h8-13,19,22-23H,4-7,14-18H2,1-3H3. The first kappa shape index (κ1) is 27.0. The van der Waals surface area contributed by atoms with Gasteiger partial charge in [0.25, 0.3) is 0 Å². The zero-order chi connectivity index (χ0) is 26.9. The van der Waals surface area contributed by atoms with Crippen LogP contribution in [0.2, 0.25) is 0 Å². The predicted octanol–water partition coefficient (Wildman–Crippen LogP) is 4.89. The minimum atomic E-state index is -3.40. The van der Waals surface area contributed by atoms with Crippen molar-refractivity contribution < 1.29 is 17.9 Å². The molecule has 2 aliphatic rings. The Labute approximate surface area is 228 Å². The summed E-state index contributed by atoms with van der Waals surface area (Å²) in [5.41, 5.74) is 1.58. The Morgan fingerprint density at radius 2 is 1.76 bits per heavy atom. The van der Waals surface area contributed by atoms with Gasteiger partial charge in [0.1, 0.15) is 10.3 Å². The first-order valence-electron chi connectivity index (χ1n) is 13.4. The highest BCUT2D eigenvalue weighted by atomic mass is 32.2. The monoisotopic (exact) mass is 556 g/mol. The molecule has 2 aromatic heterocycles. The number of likely N-dealkylation sites (N-methyl/N-ethyl adjacent to an activating group) is 1. The van der Waals surface area contributed by atoms with Gasteiger partial charge in [-0.1, -0.05) is 49.2 Å². The van der Waals surface area contributed by atoms with E-state index in [0.717, 1.165) is 48.3 Å². The molecule has 10 heteroatoms. The molecule has 1 amide bonds. The topological polar surface area (TPSA) is 92.7 Å². The van der Waals surface area contributed by atoms with Crippen LogP contribution in [0.4, 0.5) is 5.13 Å². The lowest BCUT2D eigenvalue weighted by molar-refractivity contribution is -0.120. The van der Waals surface area contributed by atoms with E-state index in [-0.39, 0.29) is 17.1 Å². The second-order valence-corrected chi connectivity index (χ2v) is 13.8. The van der Waals surface area contributed by atoms with E-state index in [4.69, 9.17) is 4.74 Å². The molecular formula is C28H36N4O4S2. The van der Waals surface area contributed by atoms with Gasteiger partial charge in [-0.15, -0.1) is 0 Å². The maximum Gasteiger partial charge on any atom is 0.236 e. The Hall–Kier alpha value is -2.56. The van der Waals surface area contributed by atoms with Crippen LogP contribution in [-0.2, 0) is 14.6 Å². The van der Waals surface area contributed by atoms with Crippen molar-refractivity contribution in [1.82, 2.24) is 14.9 Å². The largest absolute Gasteiger partial charge is 0.481 e. The number of thiazole rings is 1. The number of fused-ring (bicyclic) bond motifs is 1. The molecule has 1 atom stereocenters. The van der Waals surface area contributed by atoms with Crippen molar-refractivity contribution in [3.63, 3.8) is 0 Å². The van der Waals surface area contributed by atoms with Crippen molar-refractivity contribution >= 4 is 42.6 Å². The van der Waals surface area contributed by atoms with E-state index in [1.165, 1.54) is 24.2 Å². The Bertz CT molecular complexity index is 1380. The number of hydrogen-bond acceptors (Lipinski definition) is 8. The number of methoxy groups -OCH3 is 1. The fourth-order valence-corrected chi connectivity index (χ4v) is 8.34. The molecule has 1 saturated heterocycles. The molecule has 2 fully saturated rings. The zero-order valence-electron chi connectivity index (χ0n) is 22.3. The van der Waals surface area contributed by atoms with Crippen LogP contribution in [0.15, 0.2) is 41.3 Å². The van der Waals surface area contributed by atoms with Crippen LogP contribution in [0.3, 0.4) is 0 Å². The molecule has 0 N–H and O–H groups in total. The molecule has 8 nitrogen and oxygen atoms in total. The second-order valence-electron chi connectivity index (χ2n) is 10.6. The fraction of sp³-hybridized carbons (Fsp3) is 0.536. The normalized spacial score (nSPS) is 18.6.